The zero-order valence-corrected chi connectivity index (χ0v) is 13.6. The highest BCUT2D eigenvalue weighted by molar-refractivity contribution is 7.98. The molecule has 0 amide bonds. The van der Waals surface area contributed by atoms with Gasteiger partial charge in [0.2, 0.25) is 0 Å². The van der Waals surface area contributed by atoms with Crippen LogP contribution in [0, 0.1) is 10.1 Å². The predicted octanol–water partition coefficient (Wildman–Crippen LogP) is 3.21. The Bertz CT molecular complexity index is 776. The average Bonchev–Trinajstić information content (AvgIpc) is 2.50. The molecule has 116 valence electrons. The Morgan fingerprint density at radius 2 is 2.18 bits per heavy atom. The number of nitro groups is 1. The van der Waals surface area contributed by atoms with Crippen molar-refractivity contribution in [2.24, 2.45) is 0 Å². The summed E-state index contributed by atoms with van der Waals surface area (Å²) in [5.74, 6) is 0. The number of aryl methyl sites for hydroxylation is 1. The van der Waals surface area contributed by atoms with E-state index in [1.807, 2.05) is 13.2 Å². The van der Waals surface area contributed by atoms with E-state index in [1.54, 1.807) is 6.07 Å². The molecule has 0 aliphatic rings. The number of halogens is 1. The first-order chi connectivity index (χ1) is 10.5. The van der Waals surface area contributed by atoms with Gasteiger partial charge >= 0.3 is 0 Å². The standard InChI is InChI=1S/C14H14ClN3O3S/c1-3-11-9(13(19)17-14(16-11)22-2)6-8-4-5-10(15)12(7-8)18(20)21/h4-5,7H,3,6H2,1-2H3,(H,16,17,19). The zero-order chi connectivity index (χ0) is 16.3. The second-order valence-corrected chi connectivity index (χ2v) is 5.78. The first-order valence-corrected chi connectivity index (χ1v) is 8.15. The largest absolute Gasteiger partial charge is 0.301 e. The van der Waals surface area contributed by atoms with Crippen LogP contribution in [0.5, 0.6) is 0 Å². The van der Waals surface area contributed by atoms with Gasteiger partial charge in [-0.05, 0) is 24.3 Å². The van der Waals surface area contributed by atoms with Crippen LogP contribution in [0.1, 0.15) is 23.7 Å². The van der Waals surface area contributed by atoms with Crippen molar-refractivity contribution in [1.82, 2.24) is 9.97 Å². The maximum Gasteiger partial charge on any atom is 0.288 e. The smallest absolute Gasteiger partial charge is 0.288 e. The van der Waals surface area contributed by atoms with Crippen molar-refractivity contribution >= 4 is 29.1 Å². The molecular formula is C14H14ClN3O3S. The Kier molecular flexibility index (Phi) is 5.20. The van der Waals surface area contributed by atoms with E-state index in [1.165, 1.54) is 23.9 Å². The van der Waals surface area contributed by atoms with Gasteiger partial charge < -0.3 is 4.98 Å². The van der Waals surface area contributed by atoms with Gasteiger partial charge in [0, 0.05) is 18.1 Å². The van der Waals surface area contributed by atoms with Gasteiger partial charge in [0.05, 0.1) is 10.6 Å². The number of benzene rings is 1. The summed E-state index contributed by atoms with van der Waals surface area (Å²) in [7, 11) is 0. The van der Waals surface area contributed by atoms with Gasteiger partial charge in [-0.2, -0.15) is 0 Å². The number of H-pyrrole nitrogens is 1. The maximum atomic E-state index is 12.2. The topological polar surface area (TPSA) is 88.9 Å². The van der Waals surface area contributed by atoms with Gasteiger partial charge in [-0.1, -0.05) is 36.4 Å². The van der Waals surface area contributed by atoms with Crippen molar-refractivity contribution in [2.45, 2.75) is 24.9 Å². The van der Waals surface area contributed by atoms with Gasteiger partial charge in [-0.3, -0.25) is 14.9 Å². The summed E-state index contributed by atoms with van der Waals surface area (Å²) in [6, 6.07) is 4.54. The summed E-state index contributed by atoms with van der Waals surface area (Å²) < 4.78 is 0. The number of aromatic amines is 1. The van der Waals surface area contributed by atoms with E-state index in [2.05, 4.69) is 9.97 Å². The van der Waals surface area contributed by atoms with Crippen LogP contribution in [0.4, 0.5) is 5.69 Å². The fourth-order valence-electron chi connectivity index (χ4n) is 2.11. The predicted molar refractivity (Wildman–Crippen MR) is 86.9 cm³/mol. The van der Waals surface area contributed by atoms with Crippen molar-refractivity contribution in [3.63, 3.8) is 0 Å². The normalized spacial score (nSPS) is 10.7. The minimum atomic E-state index is -0.536. The Hall–Kier alpha value is -1.86. The quantitative estimate of drug-likeness (QED) is 0.391. The van der Waals surface area contributed by atoms with Gasteiger partial charge in [0.15, 0.2) is 5.16 Å². The Balaban J connectivity index is 2.45. The molecule has 0 saturated carbocycles. The third-order valence-electron chi connectivity index (χ3n) is 3.20. The molecule has 0 bridgehead atoms. The van der Waals surface area contributed by atoms with Crippen LogP contribution in [0.3, 0.4) is 0 Å². The molecule has 0 aliphatic carbocycles. The average molecular weight is 340 g/mol. The lowest BCUT2D eigenvalue weighted by atomic mass is 10.0. The number of rotatable bonds is 5. The number of nitrogens with zero attached hydrogens (tertiary/aromatic N) is 2. The van der Waals surface area contributed by atoms with E-state index in [9.17, 15) is 14.9 Å². The van der Waals surface area contributed by atoms with Crippen LogP contribution in [-0.2, 0) is 12.8 Å². The number of thioether (sulfide) groups is 1. The summed E-state index contributed by atoms with van der Waals surface area (Å²) in [6.07, 6.45) is 2.72. The van der Waals surface area contributed by atoms with Crippen LogP contribution in [0.2, 0.25) is 5.02 Å². The van der Waals surface area contributed by atoms with Crippen molar-refractivity contribution in [1.29, 1.82) is 0 Å². The molecule has 2 aromatic rings. The Morgan fingerprint density at radius 1 is 1.45 bits per heavy atom. The van der Waals surface area contributed by atoms with Crippen molar-refractivity contribution in [3.05, 3.63) is 60.5 Å². The molecule has 0 fully saturated rings. The number of aromatic nitrogens is 2. The van der Waals surface area contributed by atoms with Crippen molar-refractivity contribution in [2.75, 3.05) is 6.26 Å². The molecule has 1 N–H and O–H groups in total. The molecule has 2 rings (SSSR count). The SMILES string of the molecule is CCc1nc(SC)[nH]c(=O)c1Cc1ccc(Cl)c([N+](=O)[O-])c1. The van der Waals surface area contributed by atoms with E-state index in [-0.39, 0.29) is 22.7 Å². The third-order valence-corrected chi connectivity index (χ3v) is 4.10. The monoisotopic (exact) mass is 339 g/mol. The van der Waals surface area contributed by atoms with Crippen LogP contribution >= 0.6 is 23.4 Å². The van der Waals surface area contributed by atoms with Crippen molar-refractivity contribution in [3.8, 4) is 0 Å². The van der Waals surface area contributed by atoms with Gasteiger partial charge in [-0.25, -0.2) is 4.98 Å². The van der Waals surface area contributed by atoms with Gasteiger partial charge in [0.25, 0.3) is 11.2 Å². The third kappa shape index (κ3) is 3.48. The molecule has 0 unspecified atom stereocenters. The molecule has 0 spiro atoms. The van der Waals surface area contributed by atoms with E-state index in [4.69, 9.17) is 11.6 Å². The molecule has 1 heterocycles. The second-order valence-electron chi connectivity index (χ2n) is 4.57. The summed E-state index contributed by atoms with van der Waals surface area (Å²) in [6.45, 7) is 1.92. The molecule has 8 heteroatoms. The van der Waals surface area contributed by atoms with E-state index < -0.39 is 4.92 Å². The zero-order valence-electron chi connectivity index (χ0n) is 12.1. The minimum Gasteiger partial charge on any atom is -0.301 e. The van der Waals surface area contributed by atoms with Crippen LogP contribution in [0.25, 0.3) is 0 Å². The highest BCUT2D eigenvalue weighted by Gasteiger charge is 2.16. The summed E-state index contributed by atoms with van der Waals surface area (Å²) in [5, 5.41) is 11.6. The molecule has 0 radical (unpaired) electrons. The Labute approximate surface area is 136 Å². The highest BCUT2D eigenvalue weighted by atomic mass is 35.5. The molecule has 1 aromatic heterocycles. The maximum absolute atomic E-state index is 12.2. The molecule has 0 atom stereocenters. The number of hydrogen-bond acceptors (Lipinski definition) is 5. The molecule has 22 heavy (non-hydrogen) atoms. The van der Waals surface area contributed by atoms with E-state index in [0.29, 0.717) is 28.4 Å². The second kappa shape index (κ2) is 6.93. The molecule has 0 saturated heterocycles. The van der Waals surface area contributed by atoms with E-state index in [0.717, 1.165) is 0 Å². The fourth-order valence-corrected chi connectivity index (χ4v) is 2.69. The summed E-state index contributed by atoms with van der Waals surface area (Å²) in [4.78, 5) is 29.7. The fraction of sp³-hybridized carbons (Fsp3) is 0.286. The first-order valence-electron chi connectivity index (χ1n) is 6.55. The lowest BCUT2D eigenvalue weighted by molar-refractivity contribution is -0.384. The molecule has 1 aromatic carbocycles. The molecule has 6 nitrogen and oxygen atoms in total. The number of hydrogen-bond donors (Lipinski definition) is 1. The van der Waals surface area contributed by atoms with Crippen LogP contribution in [0.15, 0.2) is 28.2 Å². The first kappa shape index (κ1) is 16.5. The Morgan fingerprint density at radius 3 is 2.77 bits per heavy atom. The number of nitro benzene ring substituents is 1. The van der Waals surface area contributed by atoms with Gasteiger partial charge in [0.1, 0.15) is 5.02 Å². The van der Waals surface area contributed by atoms with Crippen LogP contribution in [-0.4, -0.2) is 21.1 Å². The molecular weight excluding hydrogens is 326 g/mol. The van der Waals surface area contributed by atoms with Gasteiger partial charge in [-0.15, -0.1) is 0 Å². The molecule has 0 aliphatic heterocycles. The van der Waals surface area contributed by atoms with E-state index >= 15 is 0 Å². The summed E-state index contributed by atoms with van der Waals surface area (Å²) >= 11 is 7.16. The number of nitrogens with one attached hydrogen (secondary N) is 1. The highest BCUT2D eigenvalue weighted by Crippen LogP contribution is 2.26. The van der Waals surface area contributed by atoms with Crippen LogP contribution < -0.4 is 5.56 Å². The minimum absolute atomic E-state index is 0.0780. The summed E-state index contributed by atoms with van der Waals surface area (Å²) in [5.41, 5.74) is 1.49. The van der Waals surface area contributed by atoms with Crippen molar-refractivity contribution < 1.29 is 4.92 Å². The lowest BCUT2D eigenvalue weighted by Crippen LogP contribution is -2.18. The lowest BCUT2D eigenvalue weighted by Gasteiger charge is -2.08.